The predicted octanol–water partition coefficient (Wildman–Crippen LogP) is 2.28. The molecule has 0 aliphatic carbocycles. The number of nitrogens with zero attached hydrogens (tertiary/aromatic N) is 1. The Morgan fingerprint density at radius 1 is 1.45 bits per heavy atom. The minimum absolute atomic E-state index is 0.00646. The monoisotopic (exact) mass is 276 g/mol. The summed E-state index contributed by atoms with van der Waals surface area (Å²) in [5.41, 5.74) is 0.598. The summed E-state index contributed by atoms with van der Waals surface area (Å²) in [5.74, 6) is -0.797. The molecule has 4 nitrogen and oxygen atoms in total. The number of nitrogens with one attached hydrogen (secondary N) is 1. The molecule has 0 atom stereocenters. The molecule has 0 saturated heterocycles. The average Bonchev–Trinajstić information content (AvgIpc) is 2.46. The molecule has 0 aliphatic rings. The number of nitriles is 1. The predicted molar refractivity (Wildman–Crippen MR) is 74.1 cm³/mol. The first-order chi connectivity index (χ1) is 9.67. The molecule has 0 unspecified atom stereocenters. The van der Waals surface area contributed by atoms with Gasteiger partial charge in [0, 0.05) is 19.8 Å². The quantitative estimate of drug-likeness (QED) is 0.472. The Balaban J connectivity index is 2.55. The largest absolute Gasteiger partial charge is 0.382 e. The maximum atomic E-state index is 12.8. The van der Waals surface area contributed by atoms with Crippen molar-refractivity contribution in [2.75, 3.05) is 19.8 Å². The van der Waals surface area contributed by atoms with Gasteiger partial charge in [-0.1, -0.05) is 12.1 Å². The van der Waals surface area contributed by atoms with Crippen LogP contribution in [0.25, 0.3) is 6.08 Å². The van der Waals surface area contributed by atoms with Gasteiger partial charge in [0.1, 0.15) is 17.5 Å². The zero-order valence-corrected chi connectivity index (χ0v) is 11.4. The molecule has 0 heterocycles. The maximum absolute atomic E-state index is 12.8. The van der Waals surface area contributed by atoms with Crippen molar-refractivity contribution in [3.05, 3.63) is 41.2 Å². The number of ether oxygens (including phenoxy) is 1. The lowest BCUT2D eigenvalue weighted by atomic mass is 10.1. The third-order valence-electron chi connectivity index (χ3n) is 2.50. The second kappa shape index (κ2) is 8.83. The molecule has 0 saturated carbocycles. The van der Waals surface area contributed by atoms with Crippen LogP contribution in [-0.4, -0.2) is 25.7 Å². The Hall–Kier alpha value is -2.19. The van der Waals surface area contributed by atoms with E-state index in [-0.39, 0.29) is 11.4 Å². The first-order valence-corrected chi connectivity index (χ1v) is 6.40. The first kappa shape index (κ1) is 15.9. The van der Waals surface area contributed by atoms with Crippen molar-refractivity contribution >= 4 is 12.0 Å². The zero-order chi connectivity index (χ0) is 14.8. The van der Waals surface area contributed by atoms with Gasteiger partial charge in [-0.15, -0.1) is 0 Å². The van der Waals surface area contributed by atoms with E-state index < -0.39 is 5.91 Å². The van der Waals surface area contributed by atoms with E-state index in [1.807, 2.05) is 13.0 Å². The van der Waals surface area contributed by atoms with Gasteiger partial charge in [0.2, 0.25) is 0 Å². The van der Waals surface area contributed by atoms with Gasteiger partial charge in [-0.05, 0) is 37.1 Å². The zero-order valence-electron chi connectivity index (χ0n) is 11.4. The van der Waals surface area contributed by atoms with E-state index in [4.69, 9.17) is 10.00 Å². The lowest BCUT2D eigenvalue weighted by Gasteiger charge is -2.04. The average molecular weight is 276 g/mol. The molecule has 0 aromatic heterocycles. The molecule has 5 heteroatoms. The highest BCUT2D eigenvalue weighted by atomic mass is 19.1. The lowest BCUT2D eigenvalue weighted by Crippen LogP contribution is -2.26. The highest BCUT2D eigenvalue weighted by molar-refractivity contribution is 6.01. The number of rotatable bonds is 7. The van der Waals surface area contributed by atoms with Crippen LogP contribution in [0.4, 0.5) is 4.39 Å². The highest BCUT2D eigenvalue weighted by Gasteiger charge is 2.08. The molecule has 1 N–H and O–H groups in total. The first-order valence-electron chi connectivity index (χ1n) is 6.40. The number of hydrogen-bond donors (Lipinski definition) is 1. The van der Waals surface area contributed by atoms with Gasteiger partial charge in [-0.3, -0.25) is 4.79 Å². The fourth-order valence-electron chi connectivity index (χ4n) is 1.49. The summed E-state index contributed by atoms with van der Waals surface area (Å²) < 4.78 is 17.9. The van der Waals surface area contributed by atoms with E-state index >= 15 is 0 Å². The Bertz CT molecular complexity index is 504. The van der Waals surface area contributed by atoms with E-state index in [0.717, 1.165) is 0 Å². The molecule has 0 spiro atoms. The molecule has 1 amide bonds. The topological polar surface area (TPSA) is 62.1 Å². The van der Waals surface area contributed by atoms with Crippen LogP contribution < -0.4 is 5.32 Å². The van der Waals surface area contributed by atoms with Gasteiger partial charge in [0.05, 0.1) is 0 Å². The van der Waals surface area contributed by atoms with Crippen molar-refractivity contribution in [2.45, 2.75) is 13.3 Å². The lowest BCUT2D eigenvalue weighted by molar-refractivity contribution is -0.117. The summed E-state index contributed by atoms with van der Waals surface area (Å²) in [6, 6.07) is 7.42. The summed E-state index contributed by atoms with van der Waals surface area (Å²) in [7, 11) is 0. The standard InChI is InChI=1S/C15H17FN2O2/c1-2-20-9-3-8-18-15(19)13(11-17)10-12-4-6-14(16)7-5-12/h4-7,10H,2-3,8-9H2,1H3,(H,18,19)/b13-10+. The summed E-state index contributed by atoms with van der Waals surface area (Å²) in [6.45, 7) is 3.56. The van der Waals surface area contributed by atoms with Crippen molar-refractivity contribution in [1.82, 2.24) is 5.32 Å². The molecule has 1 aromatic carbocycles. The van der Waals surface area contributed by atoms with Crippen LogP contribution >= 0.6 is 0 Å². The Labute approximate surface area is 117 Å². The number of amides is 1. The van der Waals surface area contributed by atoms with Crippen molar-refractivity contribution in [3.63, 3.8) is 0 Å². The Morgan fingerprint density at radius 3 is 2.75 bits per heavy atom. The summed E-state index contributed by atoms with van der Waals surface area (Å²) in [4.78, 5) is 11.8. The number of hydrogen-bond acceptors (Lipinski definition) is 3. The molecule has 20 heavy (non-hydrogen) atoms. The third-order valence-corrected chi connectivity index (χ3v) is 2.50. The van der Waals surface area contributed by atoms with E-state index in [1.165, 1.54) is 30.3 Å². The second-order valence-corrected chi connectivity index (χ2v) is 4.03. The minimum atomic E-state index is -0.437. The fourth-order valence-corrected chi connectivity index (χ4v) is 1.49. The number of carbonyl (C=O) groups is 1. The smallest absolute Gasteiger partial charge is 0.261 e. The molecule has 106 valence electrons. The number of carbonyl (C=O) groups excluding carboxylic acids is 1. The van der Waals surface area contributed by atoms with Gasteiger partial charge >= 0.3 is 0 Å². The summed E-state index contributed by atoms with van der Waals surface area (Å²) >= 11 is 0. The molecule has 1 rings (SSSR count). The van der Waals surface area contributed by atoms with E-state index in [1.54, 1.807) is 0 Å². The normalized spacial score (nSPS) is 10.9. The fraction of sp³-hybridized carbons (Fsp3) is 0.333. The third kappa shape index (κ3) is 5.63. The molecular weight excluding hydrogens is 259 g/mol. The van der Waals surface area contributed by atoms with Gasteiger partial charge in [-0.2, -0.15) is 5.26 Å². The SMILES string of the molecule is CCOCCCNC(=O)/C(C#N)=C/c1ccc(F)cc1. The molecule has 0 aliphatic heterocycles. The van der Waals surface area contributed by atoms with Gasteiger partial charge in [0.25, 0.3) is 5.91 Å². The van der Waals surface area contributed by atoms with Gasteiger partial charge < -0.3 is 10.1 Å². The van der Waals surface area contributed by atoms with Crippen LogP contribution in [0.2, 0.25) is 0 Å². The second-order valence-electron chi connectivity index (χ2n) is 4.03. The van der Waals surface area contributed by atoms with Crippen LogP contribution in [0.15, 0.2) is 29.8 Å². The van der Waals surface area contributed by atoms with Crippen molar-refractivity contribution in [3.8, 4) is 6.07 Å². The summed E-state index contributed by atoms with van der Waals surface area (Å²) in [6.07, 6.45) is 2.12. The Kier molecular flexibility index (Phi) is 7.01. The van der Waals surface area contributed by atoms with E-state index in [9.17, 15) is 9.18 Å². The van der Waals surface area contributed by atoms with Gasteiger partial charge in [-0.25, -0.2) is 4.39 Å². The molecular formula is C15H17FN2O2. The van der Waals surface area contributed by atoms with Crippen LogP contribution in [0.1, 0.15) is 18.9 Å². The van der Waals surface area contributed by atoms with E-state index in [0.29, 0.717) is 31.7 Å². The number of benzene rings is 1. The van der Waals surface area contributed by atoms with Crippen molar-refractivity contribution < 1.29 is 13.9 Å². The van der Waals surface area contributed by atoms with Gasteiger partial charge in [0.15, 0.2) is 0 Å². The van der Waals surface area contributed by atoms with Crippen LogP contribution in [0.5, 0.6) is 0 Å². The maximum Gasteiger partial charge on any atom is 0.261 e. The van der Waals surface area contributed by atoms with Crippen LogP contribution in [-0.2, 0) is 9.53 Å². The summed E-state index contributed by atoms with van der Waals surface area (Å²) in [5, 5.41) is 11.6. The molecule has 0 bridgehead atoms. The molecule has 0 radical (unpaired) electrons. The number of halogens is 1. The minimum Gasteiger partial charge on any atom is -0.382 e. The van der Waals surface area contributed by atoms with Crippen molar-refractivity contribution in [2.24, 2.45) is 0 Å². The molecule has 1 aromatic rings. The Morgan fingerprint density at radius 2 is 2.15 bits per heavy atom. The van der Waals surface area contributed by atoms with Crippen LogP contribution in [0, 0.1) is 17.1 Å². The van der Waals surface area contributed by atoms with E-state index in [2.05, 4.69) is 5.32 Å². The molecule has 0 fully saturated rings. The van der Waals surface area contributed by atoms with Crippen LogP contribution in [0.3, 0.4) is 0 Å². The highest BCUT2D eigenvalue weighted by Crippen LogP contribution is 2.08. The van der Waals surface area contributed by atoms with Crippen molar-refractivity contribution in [1.29, 1.82) is 5.26 Å².